The summed E-state index contributed by atoms with van der Waals surface area (Å²) in [7, 11) is 0. The number of nitrogens with zero attached hydrogens (tertiary/aromatic N) is 1. The molecule has 2 saturated carbocycles. The maximum absolute atomic E-state index is 13.9. The summed E-state index contributed by atoms with van der Waals surface area (Å²) in [6, 6.07) is 2.11. The van der Waals surface area contributed by atoms with E-state index in [0.717, 1.165) is 36.8 Å². The highest BCUT2D eigenvalue weighted by Gasteiger charge is 2.28. The zero-order chi connectivity index (χ0) is 16.2. The van der Waals surface area contributed by atoms with Crippen molar-refractivity contribution >= 4 is 23.1 Å². The van der Waals surface area contributed by atoms with E-state index >= 15 is 0 Å². The van der Waals surface area contributed by atoms with E-state index in [1.54, 1.807) is 0 Å². The Morgan fingerprint density at radius 2 is 1.65 bits per heavy atom. The van der Waals surface area contributed by atoms with E-state index in [9.17, 15) is 8.78 Å². The van der Waals surface area contributed by atoms with Gasteiger partial charge in [0.1, 0.15) is 11.5 Å². The minimum Gasteiger partial charge on any atom is -0.206 e. The first kappa shape index (κ1) is 16.3. The highest BCUT2D eigenvalue weighted by Crippen LogP contribution is 2.40. The Kier molecular flexibility index (Phi) is 5.20. The molecule has 2 fully saturated rings. The Hall–Kier alpha value is -1.56. The van der Waals surface area contributed by atoms with Crippen LogP contribution in [0.3, 0.4) is 0 Å². The Morgan fingerprint density at radius 3 is 2.26 bits per heavy atom. The number of halogens is 2. The van der Waals surface area contributed by atoms with Crippen molar-refractivity contribution < 1.29 is 8.78 Å². The summed E-state index contributed by atoms with van der Waals surface area (Å²) in [4.78, 5) is 3.50. The van der Waals surface area contributed by atoms with Crippen molar-refractivity contribution in [2.75, 3.05) is 0 Å². The fourth-order valence-electron chi connectivity index (χ4n) is 3.31. The van der Waals surface area contributed by atoms with Gasteiger partial charge in [0.25, 0.3) is 0 Å². The molecule has 120 valence electrons. The molecule has 0 saturated heterocycles. The maximum Gasteiger partial charge on any atom is 0.151 e. The molecule has 3 rings (SSSR count). The third-order valence-corrected chi connectivity index (χ3v) is 4.92. The number of benzene rings is 1. The van der Waals surface area contributed by atoms with Gasteiger partial charge in [-0.2, -0.15) is 4.99 Å². The number of hydrogen-bond donors (Lipinski definition) is 0. The molecule has 0 aliphatic heterocycles. The fraction of sp³-hybridized carbons (Fsp3) is 0.526. The quantitative estimate of drug-likeness (QED) is 0.396. The molecule has 4 heteroatoms. The highest BCUT2D eigenvalue weighted by atomic mass is 32.1. The number of thiocarbonyl (C=S) groups is 1. The molecule has 23 heavy (non-hydrogen) atoms. The van der Waals surface area contributed by atoms with E-state index in [2.05, 4.69) is 29.1 Å². The van der Waals surface area contributed by atoms with Crippen molar-refractivity contribution in [3.05, 3.63) is 29.3 Å². The molecule has 0 unspecified atom stereocenters. The van der Waals surface area contributed by atoms with Gasteiger partial charge in [-0.3, -0.25) is 0 Å². The molecule has 1 aromatic rings. The Morgan fingerprint density at radius 1 is 1.00 bits per heavy atom. The molecule has 0 N–H and O–H groups in total. The van der Waals surface area contributed by atoms with E-state index in [4.69, 9.17) is 0 Å². The molecule has 2 aliphatic rings. The van der Waals surface area contributed by atoms with Gasteiger partial charge in [-0.1, -0.05) is 24.7 Å². The summed E-state index contributed by atoms with van der Waals surface area (Å²) in [5, 5.41) is 2.04. The van der Waals surface area contributed by atoms with Crippen LogP contribution in [0.15, 0.2) is 17.1 Å². The number of hydrogen-bond acceptors (Lipinski definition) is 2. The Balaban J connectivity index is 1.62. The van der Waals surface area contributed by atoms with Gasteiger partial charge in [-0.05, 0) is 62.2 Å². The molecule has 0 heterocycles. The van der Waals surface area contributed by atoms with Crippen LogP contribution in [-0.2, 0) is 0 Å². The molecule has 1 nitrogen and oxygen atoms in total. The molecule has 0 aromatic heterocycles. The largest absolute Gasteiger partial charge is 0.206 e. The summed E-state index contributed by atoms with van der Waals surface area (Å²) in [5.74, 6) is 6.87. The first-order chi connectivity index (χ1) is 11.2. The molecule has 0 amide bonds. The van der Waals surface area contributed by atoms with E-state index in [-0.39, 0.29) is 11.3 Å². The van der Waals surface area contributed by atoms with Crippen molar-refractivity contribution in [1.29, 1.82) is 0 Å². The molecule has 0 spiro atoms. The van der Waals surface area contributed by atoms with Crippen molar-refractivity contribution in [3.63, 3.8) is 0 Å². The minimum absolute atomic E-state index is 0.0888. The second-order valence-electron chi connectivity index (χ2n) is 6.65. The second kappa shape index (κ2) is 7.34. The zero-order valence-corrected chi connectivity index (χ0v) is 13.8. The Bertz CT molecular complexity index is 685. The first-order valence-electron chi connectivity index (χ1n) is 8.24. The van der Waals surface area contributed by atoms with Crippen LogP contribution in [0.1, 0.15) is 50.5 Å². The van der Waals surface area contributed by atoms with Crippen LogP contribution < -0.4 is 0 Å². The van der Waals surface area contributed by atoms with E-state index in [1.165, 1.54) is 32.1 Å². The predicted octanol–water partition coefficient (Wildman–Crippen LogP) is 5.66. The van der Waals surface area contributed by atoms with Gasteiger partial charge in [0, 0.05) is 12.0 Å². The smallest absolute Gasteiger partial charge is 0.151 e. The summed E-state index contributed by atoms with van der Waals surface area (Å²) in [6.45, 7) is 0. The lowest BCUT2D eigenvalue weighted by Gasteiger charge is -2.25. The van der Waals surface area contributed by atoms with Gasteiger partial charge < -0.3 is 0 Å². The van der Waals surface area contributed by atoms with Crippen LogP contribution in [-0.4, -0.2) is 5.16 Å². The number of rotatable bonds is 3. The molecule has 1 aromatic carbocycles. The van der Waals surface area contributed by atoms with Gasteiger partial charge in [-0.15, -0.1) is 0 Å². The van der Waals surface area contributed by atoms with Crippen LogP contribution in [0.25, 0.3) is 0 Å². The molecular formula is C19H19F2NS. The summed E-state index contributed by atoms with van der Waals surface area (Å²) in [6.07, 6.45) is 8.77. The minimum atomic E-state index is -0.624. The standard InChI is InChI=1S/C19H19F2NS/c20-17-11-19(22-12-23)18(21)10-16(17)8-7-13-1-3-14(4-2-13)9-15-5-6-15/h10-11,13-15H,1-6,9H2. The average Bonchev–Trinajstić information content (AvgIpc) is 3.35. The topological polar surface area (TPSA) is 12.4 Å². The Labute approximate surface area is 141 Å². The molecule has 0 atom stereocenters. The summed E-state index contributed by atoms with van der Waals surface area (Å²) < 4.78 is 27.7. The third kappa shape index (κ3) is 4.47. The van der Waals surface area contributed by atoms with E-state index in [1.807, 2.05) is 5.16 Å². The summed E-state index contributed by atoms with van der Waals surface area (Å²) >= 11 is 4.41. The van der Waals surface area contributed by atoms with Crippen molar-refractivity contribution in [2.45, 2.75) is 44.9 Å². The lowest BCUT2D eigenvalue weighted by atomic mass is 9.80. The fourth-order valence-corrected chi connectivity index (χ4v) is 3.41. The lowest BCUT2D eigenvalue weighted by Crippen LogP contribution is -2.13. The SMILES string of the molecule is Fc1cc(N=C=S)c(F)cc1C#CC1CCC(CC2CC2)CC1. The first-order valence-corrected chi connectivity index (χ1v) is 8.65. The molecule has 2 aliphatic carbocycles. The third-order valence-electron chi connectivity index (χ3n) is 4.82. The van der Waals surface area contributed by atoms with Crippen molar-refractivity contribution in [1.82, 2.24) is 0 Å². The van der Waals surface area contributed by atoms with E-state index in [0.29, 0.717) is 5.92 Å². The van der Waals surface area contributed by atoms with E-state index < -0.39 is 11.6 Å². The normalized spacial score (nSPS) is 23.6. The van der Waals surface area contributed by atoms with Gasteiger partial charge in [0.2, 0.25) is 0 Å². The maximum atomic E-state index is 13.9. The molecule has 0 radical (unpaired) electrons. The summed E-state index contributed by atoms with van der Waals surface area (Å²) in [5.41, 5.74) is -0.0467. The van der Waals surface area contributed by atoms with Crippen molar-refractivity contribution in [2.24, 2.45) is 22.7 Å². The van der Waals surface area contributed by atoms with Gasteiger partial charge in [0.05, 0.1) is 10.7 Å². The van der Waals surface area contributed by atoms with Crippen LogP contribution in [0.5, 0.6) is 0 Å². The van der Waals surface area contributed by atoms with Crippen molar-refractivity contribution in [3.8, 4) is 11.8 Å². The van der Waals surface area contributed by atoms with Crippen LogP contribution in [0, 0.1) is 41.2 Å². The monoisotopic (exact) mass is 331 g/mol. The number of isothiocyanates is 1. The molecule has 0 bridgehead atoms. The van der Waals surface area contributed by atoms with Crippen LogP contribution in [0.2, 0.25) is 0 Å². The van der Waals surface area contributed by atoms with Crippen LogP contribution in [0.4, 0.5) is 14.5 Å². The lowest BCUT2D eigenvalue weighted by molar-refractivity contribution is 0.291. The predicted molar refractivity (Wildman–Crippen MR) is 90.7 cm³/mol. The van der Waals surface area contributed by atoms with Gasteiger partial charge in [-0.25, -0.2) is 8.78 Å². The van der Waals surface area contributed by atoms with Crippen LogP contribution >= 0.6 is 12.2 Å². The zero-order valence-electron chi connectivity index (χ0n) is 12.9. The van der Waals surface area contributed by atoms with Gasteiger partial charge >= 0.3 is 0 Å². The van der Waals surface area contributed by atoms with Gasteiger partial charge in [0.15, 0.2) is 5.82 Å². The number of aliphatic imine (C=N–C) groups is 1. The average molecular weight is 331 g/mol. The molecular weight excluding hydrogens is 312 g/mol. The second-order valence-corrected chi connectivity index (χ2v) is 6.84. The highest BCUT2D eigenvalue weighted by molar-refractivity contribution is 7.78.